The Labute approximate surface area is 144 Å². The van der Waals surface area contributed by atoms with Crippen molar-refractivity contribution in [2.24, 2.45) is 0 Å². The fourth-order valence-electron chi connectivity index (χ4n) is 4.12. The number of likely N-dealkylation sites (N-methyl/N-ethyl adjacent to an activating group) is 1. The van der Waals surface area contributed by atoms with Crippen molar-refractivity contribution in [2.75, 3.05) is 33.2 Å². The highest BCUT2D eigenvalue weighted by Crippen LogP contribution is 2.36. The molecular weight excluding hydrogens is 302 g/mol. The van der Waals surface area contributed by atoms with Gasteiger partial charge in [-0.1, -0.05) is 24.3 Å². The highest BCUT2D eigenvalue weighted by atomic mass is 16.5. The molecule has 2 atom stereocenters. The topological polar surface area (TPSA) is 53.6 Å². The first-order valence-electron chi connectivity index (χ1n) is 8.95. The maximum Gasteiger partial charge on any atom is 0.241 e. The number of carbonyl (C=O) groups is 1. The van der Waals surface area contributed by atoms with Gasteiger partial charge >= 0.3 is 0 Å². The molecule has 1 aliphatic carbocycles. The summed E-state index contributed by atoms with van der Waals surface area (Å²) >= 11 is 0. The first-order chi connectivity index (χ1) is 11.5. The van der Waals surface area contributed by atoms with Crippen LogP contribution in [0.25, 0.3) is 0 Å². The van der Waals surface area contributed by atoms with Gasteiger partial charge in [0.15, 0.2) is 0 Å². The summed E-state index contributed by atoms with van der Waals surface area (Å²) in [5.74, 6) is 0.148. The summed E-state index contributed by atoms with van der Waals surface area (Å²) in [6.07, 6.45) is 1.88. The van der Waals surface area contributed by atoms with Crippen LogP contribution >= 0.6 is 0 Å². The molecule has 1 saturated heterocycles. The molecule has 0 aromatic heterocycles. The summed E-state index contributed by atoms with van der Waals surface area (Å²) in [5.41, 5.74) is 2.12. The van der Waals surface area contributed by atoms with E-state index in [4.69, 9.17) is 4.74 Å². The Hall–Kier alpha value is -1.43. The number of rotatable bonds is 5. The smallest absolute Gasteiger partial charge is 0.241 e. The second kappa shape index (κ2) is 7.21. The van der Waals surface area contributed by atoms with Gasteiger partial charge in [0.2, 0.25) is 5.91 Å². The maximum absolute atomic E-state index is 13.2. The monoisotopic (exact) mass is 331 g/mol. The molecule has 2 aliphatic rings. The molecule has 1 fully saturated rings. The van der Waals surface area contributed by atoms with Crippen LogP contribution in [-0.4, -0.2) is 61.8 Å². The van der Waals surface area contributed by atoms with E-state index in [1.165, 1.54) is 11.1 Å². The van der Waals surface area contributed by atoms with Crippen LogP contribution in [-0.2, 0) is 22.4 Å². The predicted octanol–water partition coefficient (Wildman–Crippen LogP) is 0.969. The molecule has 1 aliphatic heterocycles. The lowest BCUT2D eigenvalue weighted by Gasteiger charge is -2.45. The van der Waals surface area contributed by atoms with Crippen molar-refractivity contribution < 1.29 is 9.53 Å². The van der Waals surface area contributed by atoms with Crippen molar-refractivity contribution in [3.63, 3.8) is 0 Å². The lowest BCUT2D eigenvalue weighted by atomic mass is 9.90. The number of nitrogens with zero attached hydrogens (tertiary/aromatic N) is 1. The number of hydrogen-bond acceptors (Lipinski definition) is 4. The van der Waals surface area contributed by atoms with Crippen LogP contribution < -0.4 is 10.6 Å². The van der Waals surface area contributed by atoms with Crippen molar-refractivity contribution >= 4 is 5.91 Å². The highest BCUT2D eigenvalue weighted by Gasteiger charge is 2.49. The Balaban J connectivity index is 1.86. The van der Waals surface area contributed by atoms with Crippen LogP contribution in [0.15, 0.2) is 24.3 Å². The zero-order chi connectivity index (χ0) is 17.2. The van der Waals surface area contributed by atoms with Gasteiger partial charge in [0.05, 0.1) is 12.2 Å². The first kappa shape index (κ1) is 17.4. The van der Waals surface area contributed by atoms with E-state index in [-0.39, 0.29) is 18.1 Å². The molecule has 1 amide bonds. The molecule has 1 aromatic carbocycles. The van der Waals surface area contributed by atoms with Crippen LogP contribution in [0.3, 0.4) is 0 Å². The minimum Gasteiger partial charge on any atom is -0.373 e. The Kier molecular flexibility index (Phi) is 5.23. The lowest BCUT2D eigenvalue weighted by Crippen LogP contribution is -2.64. The van der Waals surface area contributed by atoms with Crippen LogP contribution in [0.4, 0.5) is 0 Å². The fourth-order valence-corrected chi connectivity index (χ4v) is 4.12. The Morgan fingerprint density at radius 3 is 2.29 bits per heavy atom. The van der Waals surface area contributed by atoms with E-state index < -0.39 is 5.54 Å². The third-order valence-electron chi connectivity index (χ3n) is 5.19. The van der Waals surface area contributed by atoms with Gasteiger partial charge in [-0.15, -0.1) is 0 Å². The van der Waals surface area contributed by atoms with Crippen molar-refractivity contribution in [1.29, 1.82) is 0 Å². The average molecular weight is 331 g/mol. The van der Waals surface area contributed by atoms with Crippen molar-refractivity contribution in [2.45, 2.75) is 44.4 Å². The number of amides is 1. The number of carbonyl (C=O) groups excluding carboxylic acids is 1. The van der Waals surface area contributed by atoms with Gasteiger partial charge in [-0.05, 0) is 32.0 Å². The summed E-state index contributed by atoms with van der Waals surface area (Å²) in [6, 6.07) is 8.45. The van der Waals surface area contributed by atoms with E-state index in [2.05, 4.69) is 53.6 Å². The third kappa shape index (κ3) is 3.34. The van der Waals surface area contributed by atoms with Gasteiger partial charge < -0.3 is 15.4 Å². The summed E-state index contributed by atoms with van der Waals surface area (Å²) in [7, 11) is 1.90. The van der Waals surface area contributed by atoms with E-state index in [1.807, 2.05) is 7.05 Å². The van der Waals surface area contributed by atoms with Crippen LogP contribution in [0.2, 0.25) is 0 Å². The SMILES string of the molecule is CNCCNC(=O)C1(N2C[C@@H](C)O[C@@H](C)C2)Cc2ccccc2C1. The summed E-state index contributed by atoms with van der Waals surface area (Å²) in [6.45, 7) is 7.23. The lowest BCUT2D eigenvalue weighted by molar-refractivity contribution is -0.144. The Morgan fingerprint density at radius 1 is 1.17 bits per heavy atom. The number of ether oxygens (including phenoxy) is 1. The van der Waals surface area contributed by atoms with Crippen molar-refractivity contribution in [3.8, 4) is 0 Å². The van der Waals surface area contributed by atoms with Gasteiger partial charge in [0.1, 0.15) is 5.54 Å². The molecule has 2 N–H and O–H groups in total. The molecule has 0 radical (unpaired) electrons. The van der Waals surface area contributed by atoms with E-state index in [0.717, 1.165) is 32.5 Å². The van der Waals surface area contributed by atoms with E-state index >= 15 is 0 Å². The maximum atomic E-state index is 13.2. The van der Waals surface area contributed by atoms with E-state index in [1.54, 1.807) is 0 Å². The van der Waals surface area contributed by atoms with Crippen LogP contribution in [0, 0.1) is 0 Å². The standard InChI is InChI=1S/C19H29N3O2/c1-14-12-22(13-15(2)24-14)19(18(23)21-9-8-20-3)10-16-6-4-5-7-17(16)11-19/h4-7,14-15,20H,8-13H2,1-3H3,(H,21,23)/t14-,15+. The molecule has 0 unspecified atom stereocenters. The Morgan fingerprint density at radius 2 is 1.75 bits per heavy atom. The number of hydrogen-bond donors (Lipinski definition) is 2. The molecule has 3 rings (SSSR count). The molecule has 5 nitrogen and oxygen atoms in total. The average Bonchev–Trinajstić information content (AvgIpc) is 2.95. The number of nitrogens with one attached hydrogen (secondary N) is 2. The molecule has 0 spiro atoms. The van der Waals surface area contributed by atoms with Crippen LogP contribution in [0.1, 0.15) is 25.0 Å². The molecule has 1 aromatic rings. The van der Waals surface area contributed by atoms with Crippen LogP contribution in [0.5, 0.6) is 0 Å². The van der Waals surface area contributed by atoms with E-state index in [0.29, 0.717) is 6.54 Å². The highest BCUT2D eigenvalue weighted by molar-refractivity contribution is 5.88. The Bertz CT molecular complexity index is 555. The molecular formula is C19H29N3O2. The molecule has 0 bridgehead atoms. The van der Waals surface area contributed by atoms with Gasteiger partial charge in [-0.2, -0.15) is 0 Å². The molecule has 24 heavy (non-hydrogen) atoms. The van der Waals surface area contributed by atoms with Crippen molar-refractivity contribution in [1.82, 2.24) is 15.5 Å². The fraction of sp³-hybridized carbons (Fsp3) is 0.632. The largest absolute Gasteiger partial charge is 0.373 e. The van der Waals surface area contributed by atoms with Gasteiger partial charge in [0.25, 0.3) is 0 Å². The van der Waals surface area contributed by atoms with Gasteiger partial charge in [-0.3, -0.25) is 9.69 Å². The normalized spacial score (nSPS) is 26.1. The zero-order valence-corrected chi connectivity index (χ0v) is 15.0. The molecule has 0 saturated carbocycles. The zero-order valence-electron chi connectivity index (χ0n) is 15.0. The van der Waals surface area contributed by atoms with Crippen molar-refractivity contribution in [3.05, 3.63) is 35.4 Å². The number of fused-ring (bicyclic) bond motifs is 1. The number of morpholine rings is 1. The molecule has 1 heterocycles. The number of benzene rings is 1. The molecule has 132 valence electrons. The quantitative estimate of drug-likeness (QED) is 0.790. The minimum absolute atomic E-state index is 0.148. The third-order valence-corrected chi connectivity index (χ3v) is 5.19. The summed E-state index contributed by atoms with van der Waals surface area (Å²) in [5, 5.41) is 6.23. The first-order valence-corrected chi connectivity index (χ1v) is 8.95. The van der Waals surface area contributed by atoms with E-state index in [9.17, 15) is 4.79 Å². The van der Waals surface area contributed by atoms with Gasteiger partial charge in [-0.25, -0.2) is 0 Å². The summed E-state index contributed by atoms with van der Waals surface area (Å²) in [4.78, 5) is 15.6. The predicted molar refractivity (Wildman–Crippen MR) is 95.1 cm³/mol. The van der Waals surface area contributed by atoms with Gasteiger partial charge in [0, 0.05) is 39.0 Å². The minimum atomic E-state index is -0.482. The molecule has 5 heteroatoms. The second-order valence-corrected chi connectivity index (χ2v) is 7.18. The second-order valence-electron chi connectivity index (χ2n) is 7.18. The summed E-state index contributed by atoms with van der Waals surface area (Å²) < 4.78 is 5.89.